The summed E-state index contributed by atoms with van der Waals surface area (Å²) in [6, 6.07) is 87.2. The fraction of sp³-hybridized carbons (Fsp3) is 0. The molecule has 0 spiro atoms. The first-order valence-corrected chi connectivity index (χ1v) is 23.2. The molecule has 0 bridgehead atoms. The van der Waals surface area contributed by atoms with E-state index < -0.39 is 0 Å². The Morgan fingerprint density at radius 3 is 1.41 bits per heavy atom. The second-order valence-corrected chi connectivity index (χ2v) is 17.2. The van der Waals surface area contributed by atoms with Gasteiger partial charge in [0.1, 0.15) is 11.2 Å². The standard InChI is InChI=1S/C63H41N5O/c1-5-17-42(18-6-1)44-29-34-50(35-30-44)67(51-36-31-45(32-37-51)43-19-7-2-8-20-43)56-39-48(40-57-60(56)54-26-13-15-27-55(54)68(57)49-23-11-4-12-24-49)63-65-61(46-21-9-3-10-22-46)64-62(66-63)47-33-38-53-52-25-14-16-28-58(52)69-59(53)41-47/h1-41H. The summed E-state index contributed by atoms with van der Waals surface area (Å²) in [5.74, 6) is 1.68. The maximum Gasteiger partial charge on any atom is 0.164 e. The zero-order valence-electron chi connectivity index (χ0n) is 37.3. The molecule has 69 heavy (non-hydrogen) atoms. The quantitative estimate of drug-likeness (QED) is 0.145. The van der Waals surface area contributed by atoms with Crippen molar-refractivity contribution in [2.45, 2.75) is 0 Å². The number of nitrogens with zero attached hydrogens (tertiary/aromatic N) is 5. The highest BCUT2D eigenvalue weighted by molar-refractivity contribution is 6.18. The number of benzene rings is 10. The van der Waals surface area contributed by atoms with Crippen LogP contribution >= 0.6 is 0 Å². The Hall–Kier alpha value is -9.39. The van der Waals surface area contributed by atoms with E-state index in [1.807, 2.05) is 54.6 Å². The molecule has 0 aliphatic rings. The number of furan rings is 1. The highest BCUT2D eigenvalue weighted by Crippen LogP contribution is 2.47. The molecule has 6 heteroatoms. The number of para-hydroxylation sites is 3. The van der Waals surface area contributed by atoms with Crippen molar-refractivity contribution in [3.05, 3.63) is 249 Å². The Kier molecular flexibility index (Phi) is 9.72. The van der Waals surface area contributed by atoms with Gasteiger partial charge < -0.3 is 13.9 Å². The maximum atomic E-state index is 6.39. The van der Waals surface area contributed by atoms with Gasteiger partial charge in [0, 0.05) is 55.3 Å². The lowest BCUT2D eigenvalue weighted by Gasteiger charge is -2.27. The van der Waals surface area contributed by atoms with Gasteiger partial charge in [-0.05, 0) is 95.1 Å². The molecule has 0 radical (unpaired) electrons. The van der Waals surface area contributed by atoms with Crippen molar-refractivity contribution in [1.82, 2.24) is 19.5 Å². The van der Waals surface area contributed by atoms with Crippen molar-refractivity contribution in [3.63, 3.8) is 0 Å². The Bertz CT molecular complexity index is 3900. The van der Waals surface area contributed by atoms with E-state index in [0.29, 0.717) is 17.5 Å². The van der Waals surface area contributed by atoms with Crippen molar-refractivity contribution in [3.8, 4) is 62.1 Å². The molecule has 6 nitrogen and oxygen atoms in total. The van der Waals surface area contributed by atoms with Crippen LogP contribution in [0.1, 0.15) is 0 Å². The first-order valence-electron chi connectivity index (χ1n) is 23.2. The Balaban J connectivity index is 1.09. The fourth-order valence-electron chi connectivity index (χ4n) is 9.74. The number of anilines is 3. The van der Waals surface area contributed by atoms with Gasteiger partial charge >= 0.3 is 0 Å². The van der Waals surface area contributed by atoms with E-state index in [1.54, 1.807) is 0 Å². The summed E-state index contributed by atoms with van der Waals surface area (Å²) < 4.78 is 8.75. The second kappa shape index (κ2) is 16.8. The third kappa shape index (κ3) is 7.19. The van der Waals surface area contributed by atoms with Crippen molar-refractivity contribution in [2.24, 2.45) is 0 Å². The van der Waals surface area contributed by atoms with Crippen LogP contribution in [0.5, 0.6) is 0 Å². The van der Waals surface area contributed by atoms with Gasteiger partial charge in [0.05, 0.1) is 16.7 Å². The number of rotatable bonds is 9. The molecule has 0 saturated heterocycles. The molecule has 0 N–H and O–H groups in total. The first-order chi connectivity index (χ1) is 34.2. The van der Waals surface area contributed by atoms with Gasteiger partial charge in [-0.15, -0.1) is 0 Å². The normalized spacial score (nSPS) is 11.5. The Morgan fingerprint density at radius 1 is 0.319 bits per heavy atom. The summed E-state index contributed by atoms with van der Waals surface area (Å²) in [5.41, 5.74) is 15.0. The van der Waals surface area contributed by atoms with Crippen LogP contribution in [-0.4, -0.2) is 19.5 Å². The van der Waals surface area contributed by atoms with E-state index in [1.165, 1.54) is 0 Å². The summed E-state index contributed by atoms with van der Waals surface area (Å²) >= 11 is 0. The van der Waals surface area contributed by atoms with Crippen LogP contribution in [0.4, 0.5) is 17.1 Å². The molecular weight excluding hydrogens is 843 g/mol. The van der Waals surface area contributed by atoms with Crippen LogP contribution in [0.25, 0.3) is 106 Å². The number of fused-ring (bicyclic) bond motifs is 6. The minimum Gasteiger partial charge on any atom is -0.456 e. The number of hydrogen-bond donors (Lipinski definition) is 0. The summed E-state index contributed by atoms with van der Waals surface area (Å²) in [6.45, 7) is 0. The fourth-order valence-corrected chi connectivity index (χ4v) is 9.74. The third-order valence-corrected chi connectivity index (χ3v) is 13.0. The van der Waals surface area contributed by atoms with Gasteiger partial charge in [0.15, 0.2) is 17.5 Å². The largest absolute Gasteiger partial charge is 0.456 e. The molecule has 3 heterocycles. The molecule has 13 aromatic rings. The van der Waals surface area contributed by atoms with Crippen LogP contribution < -0.4 is 4.90 Å². The summed E-state index contributed by atoms with van der Waals surface area (Å²) in [5, 5.41) is 4.35. The van der Waals surface area contributed by atoms with E-state index in [9.17, 15) is 0 Å². The molecule has 13 rings (SSSR count). The van der Waals surface area contributed by atoms with Crippen molar-refractivity contribution >= 4 is 60.8 Å². The zero-order chi connectivity index (χ0) is 45.7. The van der Waals surface area contributed by atoms with Crippen LogP contribution in [0.15, 0.2) is 253 Å². The van der Waals surface area contributed by atoms with Gasteiger partial charge in [-0.2, -0.15) is 0 Å². The van der Waals surface area contributed by atoms with E-state index >= 15 is 0 Å². The second-order valence-electron chi connectivity index (χ2n) is 17.2. The van der Waals surface area contributed by atoms with Gasteiger partial charge in [-0.1, -0.05) is 176 Å². The van der Waals surface area contributed by atoms with Gasteiger partial charge in [-0.25, -0.2) is 15.0 Å². The monoisotopic (exact) mass is 883 g/mol. The molecule has 3 aromatic heterocycles. The van der Waals surface area contributed by atoms with Crippen LogP contribution in [0.2, 0.25) is 0 Å². The van der Waals surface area contributed by atoms with Crippen molar-refractivity contribution < 1.29 is 4.42 Å². The lowest BCUT2D eigenvalue weighted by atomic mass is 10.0. The smallest absolute Gasteiger partial charge is 0.164 e. The highest BCUT2D eigenvalue weighted by Gasteiger charge is 2.25. The molecule has 0 aliphatic carbocycles. The van der Waals surface area contributed by atoms with E-state index in [0.717, 1.165) is 105 Å². The third-order valence-electron chi connectivity index (χ3n) is 13.0. The van der Waals surface area contributed by atoms with Crippen molar-refractivity contribution in [1.29, 1.82) is 0 Å². The van der Waals surface area contributed by atoms with E-state index in [-0.39, 0.29) is 0 Å². The van der Waals surface area contributed by atoms with Crippen molar-refractivity contribution in [2.75, 3.05) is 4.90 Å². The SMILES string of the molecule is c1ccc(-c2ccc(N(c3ccc(-c4ccccc4)cc3)c3cc(-c4nc(-c5ccccc5)nc(-c5ccc6c(c5)oc5ccccc56)n4)cc4c3c3ccccc3n4-c3ccccc3)cc2)cc1. The molecule has 0 fully saturated rings. The molecule has 0 unspecified atom stereocenters. The predicted octanol–water partition coefficient (Wildman–Crippen LogP) is 16.7. The molecule has 0 aliphatic heterocycles. The van der Waals surface area contributed by atoms with E-state index in [4.69, 9.17) is 19.4 Å². The lowest BCUT2D eigenvalue weighted by Crippen LogP contribution is -2.11. The van der Waals surface area contributed by atoms with Crippen LogP contribution in [0, 0.1) is 0 Å². The summed E-state index contributed by atoms with van der Waals surface area (Å²) in [6.07, 6.45) is 0. The summed E-state index contributed by atoms with van der Waals surface area (Å²) in [4.78, 5) is 18.2. The van der Waals surface area contributed by atoms with Crippen LogP contribution in [0.3, 0.4) is 0 Å². The number of hydrogen-bond acceptors (Lipinski definition) is 5. The van der Waals surface area contributed by atoms with Crippen LogP contribution in [-0.2, 0) is 0 Å². The van der Waals surface area contributed by atoms with Gasteiger partial charge in [-0.3, -0.25) is 0 Å². The maximum absolute atomic E-state index is 6.39. The average Bonchev–Trinajstić information content (AvgIpc) is 3.98. The van der Waals surface area contributed by atoms with E-state index in [2.05, 4.69) is 204 Å². The highest BCUT2D eigenvalue weighted by atomic mass is 16.3. The first kappa shape index (κ1) is 39.9. The average molecular weight is 884 g/mol. The van der Waals surface area contributed by atoms with Gasteiger partial charge in [0.2, 0.25) is 0 Å². The minimum absolute atomic E-state index is 0.551. The van der Waals surface area contributed by atoms with Gasteiger partial charge in [0.25, 0.3) is 0 Å². The molecule has 324 valence electrons. The Labute approximate surface area is 398 Å². The Morgan fingerprint density at radius 2 is 0.783 bits per heavy atom. The molecular formula is C63H41N5O. The lowest BCUT2D eigenvalue weighted by molar-refractivity contribution is 0.669. The molecule has 10 aromatic carbocycles. The molecule has 0 saturated carbocycles. The summed E-state index contributed by atoms with van der Waals surface area (Å²) in [7, 11) is 0. The predicted molar refractivity (Wildman–Crippen MR) is 283 cm³/mol. The molecule has 0 amide bonds. The topological polar surface area (TPSA) is 60.0 Å². The zero-order valence-corrected chi connectivity index (χ0v) is 37.3. The molecule has 0 atom stereocenters. The number of aromatic nitrogens is 4. The minimum atomic E-state index is 0.551.